The fourth-order valence-electron chi connectivity index (χ4n) is 0. The van der Waals surface area contributed by atoms with Gasteiger partial charge < -0.3 is 0 Å². The van der Waals surface area contributed by atoms with E-state index in [0.717, 1.165) is 0 Å². The van der Waals surface area contributed by atoms with E-state index >= 15 is 0 Å². The van der Waals surface area contributed by atoms with Gasteiger partial charge in [-0.25, -0.2) is 0 Å². The van der Waals surface area contributed by atoms with Crippen LogP contribution in [0.1, 0.15) is 432 Å². The summed E-state index contributed by atoms with van der Waals surface area (Å²) >= 11 is 0. The van der Waals surface area contributed by atoms with Crippen LogP contribution in [0.2, 0.25) is 0 Å². The largest absolute Gasteiger partial charge is 0.0683 e. The minimum absolute atomic E-state index is 1.25. The first-order chi connectivity index (χ1) is 30.7. The Morgan fingerprint density at radius 2 is 0.0794 bits per heavy atom. The van der Waals surface area contributed by atoms with Crippen molar-refractivity contribution in [2.24, 2.45) is 0 Å². The molecule has 0 amide bonds. The second kappa shape index (κ2) is 2850. The summed E-state index contributed by atoms with van der Waals surface area (Å²) in [7, 11) is 0. The van der Waals surface area contributed by atoms with Crippen molar-refractivity contribution in [2.45, 2.75) is 432 Å². The van der Waals surface area contributed by atoms with E-state index in [9.17, 15) is 0 Å². The van der Waals surface area contributed by atoms with Gasteiger partial charge in [0.15, 0.2) is 0 Å². The summed E-state index contributed by atoms with van der Waals surface area (Å²) in [5.41, 5.74) is 0. The van der Waals surface area contributed by atoms with Gasteiger partial charge in [0.2, 0.25) is 0 Å². The van der Waals surface area contributed by atoms with Gasteiger partial charge in [0.05, 0.1) is 0 Å². The predicted octanol–water partition coefficient (Wildman–Crippen LogP) is 31.2. The molecule has 0 atom stereocenters. The Bertz CT molecular complexity index is 28.5. The molecular formula is C63H180. The Labute approximate surface area is 430 Å². The van der Waals surface area contributed by atoms with Crippen molar-refractivity contribution in [3.05, 3.63) is 0 Å². The third-order valence-corrected chi connectivity index (χ3v) is 0. The Morgan fingerprint density at radius 3 is 0.0794 bits per heavy atom. The molecule has 0 saturated carbocycles. The summed E-state index contributed by atoms with van der Waals surface area (Å²) < 4.78 is 0. The van der Waals surface area contributed by atoms with Crippen LogP contribution in [-0.2, 0) is 0 Å². The Kier molecular flexibility index (Phi) is 8450. The molecule has 0 heterocycles. The van der Waals surface area contributed by atoms with Crippen LogP contribution < -0.4 is 0 Å². The molecule has 0 spiro atoms. The van der Waals surface area contributed by atoms with Gasteiger partial charge in [-0.15, -0.1) is 0 Å². The van der Waals surface area contributed by atoms with Crippen LogP contribution in [0, 0.1) is 0 Å². The average Bonchev–Trinajstić information content (AvgIpc) is 3.40. The van der Waals surface area contributed by atoms with Crippen molar-refractivity contribution in [2.75, 3.05) is 0 Å². The number of hydrogen-bond donors (Lipinski definition) is 0. The van der Waals surface area contributed by atoms with Crippen molar-refractivity contribution in [1.82, 2.24) is 0 Å². The fraction of sp³-hybridized carbons (Fsp3) is 1.00. The first kappa shape index (κ1) is 187. The monoisotopic (exact) mass is 937 g/mol. The zero-order valence-corrected chi connectivity index (χ0v) is 60.4. The summed E-state index contributed by atoms with van der Waals surface area (Å²) in [4.78, 5) is 0. The van der Waals surface area contributed by atoms with E-state index in [1.54, 1.807) is 0 Å². The topological polar surface area (TPSA) is 0 Å². The first-order valence-electron chi connectivity index (χ1n) is 30.7. The van der Waals surface area contributed by atoms with E-state index in [1.165, 1.54) is 57.8 Å². The molecule has 0 heteroatoms. The quantitative estimate of drug-likeness (QED) is 0.227. The minimum atomic E-state index is 1.25. The molecule has 0 aromatic rings. The molecule has 0 aliphatic rings. The van der Waals surface area contributed by atoms with Crippen LogP contribution in [0.4, 0.5) is 0 Å². The Hall–Kier alpha value is 0. The molecule has 0 rings (SSSR count). The normalized spacial score (nSPS) is 4.29. The zero-order chi connectivity index (χ0) is 60.4. The third kappa shape index (κ3) is 0. The van der Waals surface area contributed by atoms with Crippen LogP contribution in [0.25, 0.3) is 0 Å². The molecule has 0 fully saturated rings. The van der Waals surface area contributed by atoms with Crippen LogP contribution in [0.5, 0.6) is 0 Å². The summed E-state index contributed by atoms with van der Waals surface area (Å²) in [6, 6.07) is 0. The van der Waals surface area contributed by atoms with Crippen LogP contribution >= 0.6 is 0 Å². The number of rotatable bonds is 0. The molecule has 0 radical (unpaired) electrons. The summed E-state index contributed by atoms with van der Waals surface area (Å²) in [5.74, 6) is 0. The summed E-state index contributed by atoms with van der Waals surface area (Å²) in [6.45, 7) is 110. The molecule has 0 bridgehead atoms. The fourth-order valence-corrected chi connectivity index (χ4v) is 0. The Balaban J connectivity index is -0.00000000857. The highest BCUT2D eigenvalue weighted by Crippen LogP contribution is 1.58. The van der Waals surface area contributed by atoms with Gasteiger partial charge in [0.1, 0.15) is 0 Å². The lowest BCUT2D eigenvalue weighted by molar-refractivity contribution is 1.09. The third-order valence-electron chi connectivity index (χ3n) is 0. The molecule has 0 unspecified atom stereocenters. The molecule has 0 nitrogen and oxygen atoms in total. The zero-order valence-electron chi connectivity index (χ0n) is 60.4. The van der Waals surface area contributed by atoms with Gasteiger partial charge >= 0.3 is 0 Å². The van der Waals surface area contributed by atoms with Gasteiger partial charge in [-0.05, 0) is 0 Å². The maximum Gasteiger partial charge on any atom is -0.0590 e. The SMILES string of the molecule is CC.CC.CC.CC.CC.CC.CC.CC.CC.CC.CC.CC.CC.CC.CC.CC.CC.CC.CCC.CCC.CCC.CCC.CCC.CCC.CCC.CCC.CCC. The highest BCUT2D eigenvalue weighted by Gasteiger charge is 1.38. The molecule has 63 heavy (non-hydrogen) atoms. The van der Waals surface area contributed by atoms with E-state index in [1.807, 2.05) is 249 Å². The maximum atomic E-state index is 2.12. The molecular weight excluding hydrogens is 757 g/mol. The van der Waals surface area contributed by atoms with E-state index in [4.69, 9.17) is 0 Å². The first-order valence-corrected chi connectivity index (χ1v) is 30.7. The van der Waals surface area contributed by atoms with Crippen molar-refractivity contribution >= 4 is 0 Å². The molecule has 0 N–H and O–H groups in total. The van der Waals surface area contributed by atoms with Crippen molar-refractivity contribution in [3.63, 3.8) is 0 Å². The van der Waals surface area contributed by atoms with Crippen LogP contribution in [0.15, 0.2) is 0 Å². The molecule has 0 aliphatic heterocycles. The highest BCUT2D eigenvalue weighted by molar-refractivity contribution is 3.94. The molecule has 432 valence electrons. The van der Waals surface area contributed by atoms with Gasteiger partial charge in [-0.2, -0.15) is 0 Å². The summed E-state index contributed by atoms with van der Waals surface area (Å²) in [5, 5.41) is 0. The van der Waals surface area contributed by atoms with Gasteiger partial charge in [0.25, 0.3) is 0 Å². The van der Waals surface area contributed by atoms with E-state index < -0.39 is 0 Å². The predicted molar refractivity (Wildman–Crippen MR) is 348 cm³/mol. The van der Waals surface area contributed by atoms with E-state index in [0.29, 0.717) is 0 Å². The van der Waals surface area contributed by atoms with Crippen LogP contribution in [0.3, 0.4) is 0 Å². The lowest BCUT2D eigenvalue weighted by Gasteiger charge is -1.48. The van der Waals surface area contributed by atoms with Crippen molar-refractivity contribution in [1.29, 1.82) is 0 Å². The molecule has 0 aromatic carbocycles. The molecule has 0 aliphatic carbocycles. The second-order valence-electron chi connectivity index (χ2n) is 6.36. The van der Waals surface area contributed by atoms with Gasteiger partial charge in [-0.1, -0.05) is 432 Å². The highest BCUT2D eigenvalue weighted by atomic mass is 13.5. The van der Waals surface area contributed by atoms with Crippen molar-refractivity contribution in [3.8, 4) is 0 Å². The van der Waals surface area contributed by atoms with Crippen molar-refractivity contribution < 1.29 is 0 Å². The minimum Gasteiger partial charge on any atom is -0.0683 e. The lowest BCUT2D eigenvalue weighted by atomic mass is 10.6. The molecule has 0 saturated heterocycles. The smallest absolute Gasteiger partial charge is 0.0590 e. The summed E-state index contributed by atoms with van der Waals surface area (Å²) in [6.07, 6.45) is 11.2. The molecule has 0 aromatic heterocycles. The second-order valence-corrected chi connectivity index (χ2v) is 6.36. The van der Waals surface area contributed by atoms with Gasteiger partial charge in [-0.3, -0.25) is 0 Å². The lowest BCUT2D eigenvalue weighted by Crippen LogP contribution is -1.27. The Morgan fingerprint density at radius 1 is 0.0794 bits per heavy atom. The standard InChI is InChI=1S/9C3H8.18C2H6/c9*1-3-2;18*1-2/h9*3H2,1-2H3;18*1-2H3. The maximum absolute atomic E-state index is 2.12. The van der Waals surface area contributed by atoms with Crippen LogP contribution in [-0.4, -0.2) is 0 Å². The number of hydrogen-bond acceptors (Lipinski definition) is 0. The van der Waals surface area contributed by atoms with E-state index in [2.05, 4.69) is 125 Å². The van der Waals surface area contributed by atoms with Gasteiger partial charge in [0, 0.05) is 0 Å². The average molecular weight is 938 g/mol. The van der Waals surface area contributed by atoms with E-state index in [-0.39, 0.29) is 0 Å².